The first-order valence-electron chi connectivity index (χ1n) is 5.38. The Morgan fingerprint density at radius 3 is 2.37 bits per heavy atom. The molecule has 6 heteroatoms. The van der Waals surface area contributed by atoms with Crippen molar-refractivity contribution in [2.24, 2.45) is 0 Å². The van der Waals surface area contributed by atoms with E-state index >= 15 is 0 Å². The van der Waals surface area contributed by atoms with Gasteiger partial charge in [-0.15, -0.1) is 0 Å². The van der Waals surface area contributed by atoms with E-state index in [0.29, 0.717) is 0 Å². The predicted molar refractivity (Wildman–Crippen MR) is 77.6 cm³/mol. The van der Waals surface area contributed by atoms with Gasteiger partial charge in [-0.3, -0.25) is 4.79 Å². The predicted octanol–water partition coefficient (Wildman–Crippen LogP) is 4.38. The lowest BCUT2D eigenvalue weighted by Crippen LogP contribution is -2.11. The molecule has 19 heavy (non-hydrogen) atoms. The maximum Gasteiger partial charge on any atom is 0.292 e. The Hall–Kier alpha value is -1.29. The molecule has 0 atom stereocenters. The highest BCUT2D eigenvalue weighted by molar-refractivity contribution is 6.62. The van der Waals surface area contributed by atoms with Gasteiger partial charge in [-0.25, -0.2) is 4.68 Å². The van der Waals surface area contributed by atoms with Crippen LogP contribution in [-0.4, -0.2) is 15.7 Å². The van der Waals surface area contributed by atoms with Crippen LogP contribution in [0.2, 0.25) is 0 Å². The molecule has 0 saturated carbocycles. The summed E-state index contributed by atoms with van der Waals surface area (Å²) in [5.74, 6) is -0.563. The minimum absolute atomic E-state index is 0.259. The molecule has 0 aliphatic carbocycles. The van der Waals surface area contributed by atoms with Crippen molar-refractivity contribution in [3.8, 4) is 11.1 Å². The fourth-order valence-corrected chi connectivity index (χ4v) is 1.89. The van der Waals surface area contributed by atoms with E-state index in [1.165, 1.54) is 0 Å². The van der Waals surface area contributed by atoms with Gasteiger partial charge in [0.1, 0.15) is 9.52 Å². The van der Waals surface area contributed by atoms with Crippen molar-refractivity contribution in [1.82, 2.24) is 9.78 Å². The molecule has 3 nitrogen and oxygen atoms in total. The van der Waals surface area contributed by atoms with Gasteiger partial charge >= 0.3 is 0 Å². The van der Waals surface area contributed by atoms with Gasteiger partial charge in [0.05, 0.1) is 5.69 Å². The zero-order valence-electron chi connectivity index (χ0n) is 9.90. The van der Waals surface area contributed by atoms with Crippen molar-refractivity contribution in [2.45, 2.75) is 6.92 Å². The third-order valence-corrected chi connectivity index (χ3v) is 3.47. The fraction of sp³-hybridized carbons (Fsp3) is 0.0769. The molecular formula is C13H9Cl3N2O. The highest BCUT2D eigenvalue weighted by atomic mass is 35.5. The first kappa shape index (κ1) is 14.1. The molecule has 0 aliphatic rings. The Morgan fingerprint density at radius 1 is 1.16 bits per heavy atom. The second-order valence-electron chi connectivity index (χ2n) is 3.82. The standard InChI is InChI=1S/C13H9Cl3N2O/c1-8-10(9-5-3-2-4-6-9)7-18(17-8)13(19)11(14)12(15)16/h2-7H,1H3. The molecule has 2 rings (SSSR count). The van der Waals surface area contributed by atoms with Gasteiger partial charge < -0.3 is 0 Å². The summed E-state index contributed by atoms with van der Waals surface area (Å²) in [6, 6.07) is 9.61. The van der Waals surface area contributed by atoms with Crippen molar-refractivity contribution < 1.29 is 4.79 Å². The second kappa shape index (κ2) is 5.78. The molecule has 1 aromatic heterocycles. The topological polar surface area (TPSA) is 34.9 Å². The zero-order valence-corrected chi connectivity index (χ0v) is 12.2. The third-order valence-electron chi connectivity index (χ3n) is 2.55. The lowest BCUT2D eigenvalue weighted by molar-refractivity contribution is 0.0948. The van der Waals surface area contributed by atoms with Gasteiger partial charge in [-0.1, -0.05) is 65.1 Å². The lowest BCUT2D eigenvalue weighted by Gasteiger charge is -1.98. The van der Waals surface area contributed by atoms with Crippen LogP contribution in [-0.2, 0) is 0 Å². The molecular weight excluding hydrogens is 307 g/mol. The minimum Gasteiger partial charge on any atom is -0.266 e. The number of halogens is 3. The Labute approximate surface area is 125 Å². The Morgan fingerprint density at radius 2 is 1.79 bits per heavy atom. The van der Waals surface area contributed by atoms with Crippen LogP contribution in [0, 0.1) is 6.92 Å². The number of carbonyl (C=O) groups excluding carboxylic acids is 1. The van der Waals surface area contributed by atoms with Gasteiger partial charge in [0.2, 0.25) is 0 Å². The molecule has 1 heterocycles. The molecule has 2 aromatic rings. The van der Waals surface area contributed by atoms with E-state index < -0.39 is 5.91 Å². The Balaban J connectivity index is 2.43. The van der Waals surface area contributed by atoms with Gasteiger partial charge in [0.15, 0.2) is 0 Å². The Bertz CT molecular complexity index is 643. The molecule has 0 bridgehead atoms. The average molecular weight is 316 g/mol. The van der Waals surface area contributed by atoms with Crippen LogP contribution < -0.4 is 0 Å². The monoisotopic (exact) mass is 314 g/mol. The number of carbonyl (C=O) groups is 1. The van der Waals surface area contributed by atoms with Gasteiger partial charge in [-0.2, -0.15) is 5.10 Å². The highest BCUT2D eigenvalue weighted by Crippen LogP contribution is 2.24. The summed E-state index contributed by atoms with van der Waals surface area (Å²) in [5.41, 5.74) is 2.54. The van der Waals surface area contributed by atoms with Crippen LogP contribution in [0.25, 0.3) is 11.1 Å². The van der Waals surface area contributed by atoms with Crippen molar-refractivity contribution in [1.29, 1.82) is 0 Å². The average Bonchev–Trinajstić information content (AvgIpc) is 2.80. The first-order chi connectivity index (χ1) is 9.00. The molecule has 0 aliphatic heterocycles. The van der Waals surface area contributed by atoms with Crippen LogP contribution in [0.1, 0.15) is 10.5 Å². The Kier molecular flexibility index (Phi) is 4.30. The molecule has 1 aromatic carbocycles. The molecule has 0 amide bonds. The van der Waals surface area contributed by atoms with Crippen LogP contribution in [0.4, 0.5) is 0 Å². The number of nitrogens with zero attached hydrogens (tertiary/aromatic N) is 2. The summed E-state index contributed by atoms with van der Waals surface area (Å²) in [7, 11) is 0. The summed E-state index contributed by atoms with van der Waals surface area (Å²) >= 11 is 16.7. The molecule has 98 valence electrons. The van der Waals surface area contributed by atoms with Gasteiger partial charge in [-0.05, 0) is 12.5 Å². The number of allylic oxidation sites excluding steroid dienone is 1. The third kappa shape index (κ3) is 3.00. The number of benzene rings is 1. The fourth-order valence-electron chi connectivity index (χ4n) is 1.65. The zero-order chi connectivity index (χ0) is 14.0. The smallest absolute Gasteiger partial charge is 0.266 e. The highest BCUT2D eigenvalue weighted by Gasteiger charge is 2.17. The van der Waals surface area contributed by atoms with Crippen LogP contribution >= 0.6 is 34.8 Å². The molecule has 0 spiro atoms. The molecule has 0 radical (unpaired) electrons. The van der Waals surface area contributed by atoms with Crippen molar-refractivity contribution in [3.05, 3.63) is 51.7 Å². The SMILES string of the molecule is Cc1nn(C(=O)C(Cl)=C(Cl)Cl)cc1-c1ccccc1. The summed E-state index contributed by atoms with van der Waals surface area (Å²) in [6.45, 7) is 1.81. The van der Waals surface area contributed by atoms with E-state index in [4.69, 9.17) is 34.8 Å². The first-order valence-corrected chi connectivity index (χ1v) is 6.51. The molecule has 0 saturated heterocycles. The van der Waals surface area contributed by atoms with Crippen LogP contribution in [0.5, 0.6) is 0 Å². The van der Waals surface area contributed by atoms with Gasteiger partial charge in [0.25, 0.3) is 5.91 Å². The number of hydrogen-bond acceptors (Lipinski definition) is 2. The molecule has 0 unspecified atom stereocenters. The summed E-state index contributed by atoms with van der Waals surface area (Å²) in [5, 5.41) is 3.86. The molecule has 0 fully saturated rings. The van der Waals surface area contributed by atoms with E-state index in [1.807, 2.05) is 37.3 Å². The second-order valence-corrected chi connectivity index (χ2v) is 5.15. The normalized spacial score (nSPS) is 10.3. The van der Waals surface area contributed by atoms with Crippen LogP contribution in [0.3, 0.4) is 0 Å². The van der Waals surface area contributed by atoms with Crippen molar-refractivity contribution in [3.63, 3.8) is 0 Å². The largest absolute Gasteiger partial charge is 0.292 e. The molecule has 0 N–H and O–H groups in total. The van der Waals surface area contributed by atoms with E-state index in [9.17, 15) is 4.79 Å². The summed E-state index contributed by atoms with van der Waals surface area (Å²) in [6.07, 6.45) is 1.60. The number of aromatic nitrogens is 2. The maximum absolute atomic E-state index is 11.9. The number of rotatable bonds is 2. The van der Waals surface area contributed by atoms with Crippen molar-refractivity contribution in [2.75, 3.05) is 0 Å². The van der Waals surface area contributed by atoms with E-state index in [0.717, 1.165) is 21.5 Å². The van der Waals surface area contributed by atoms with E-state index in [1.54, 1.807) is 6.20 Å². The number of aryl methyl sites for hydroxylation is 1. The maximum atomic E-state index is 11.9. The lowest BCUT2D eigenvalue weighted by atomic mass is 10.1. The summed E-state index contributed by atoms with van der Waals surface area (Å²) in [4.78, 5) is 11.9. The number of hydrogen-bond donors (Lipinski definition) is 0. The quantitative estimate of drug-likeness (QED) is 0.771. The van der Waals surface area contributed by atoms with Crippen molar-refractivity contribution >= 4 is 40.7 Å². The van der Waals surface area contributed by atoms with Gasteiger partial charge in [0, 0.05) is 11.8 Å². The minimum atomic E-state index is -0.563. The van der Waals surface area contributed by atoms with Crippen LogP contribution in [0.15, 0.2) is 46.1 Å². The van der Waals surface area contributed by atoms with E-state index in [2.05, 4.69) is 5.10 Å². The summed E-state index contributed by atoms with van der Waals surface area (Å²) < 4.78 is 0.853. The van der Waals surface area contributed by atoms with E-state index in [-0.39, 0.29) is 9.52 Å².